The summed E-state index contributed by atoms with van der Waals surface area (Å²) in [4.78, 5) is 27.1. The first-order chi connectivity index (χ1) is 15.4. The number of nitrogens with one attached hydrogen (secondary N) is 1. The van der Waals surface area contributed by atoms with E-state index in [0.717, 1.165) is 39.2 Å². The topological polar surface area (TPSA) is 85.4 Å². The zero-order valence-corrected chi connectivity index (χ0v) is 19.6. The molecular formula is C24H38N4O4. The molecular weight excluding hydrogens is 408 g/mol. The van der Waals surface area contributed by atoms with Crippen molar-refractivity contribution in [1.29, 1.82) is 0 Å². The van der Waals surface area contributed by atoms with Crippen molar-refractivity contribution in [1.82, 2.24) is 15.1 Å². The van der Waals surface area contributed by atoms with E-state index in [0.29, 0.717) is 24.5 Å². The van der Waals surface area contributed by atoms with Gasteiger partial charge in [-0.15, -0.1) is 0 Å². The quantitative estimate of drug-likeness (QED) is 0.664. The van der Waals surface area contributed by atoms with E-state index in [1.165, 1.54) is 24.1 Å². The standard InChI is InChI=1S/C23H36N4O2.CH2O2/c1-17-4-6-20(7-5-17)26-10-8-18(9-11-26)24-19-12-21-16-29-22(15-27(21)14-19)13-23(28)25(2)3;2-1-3/h4-7,18-19,21-22,24H,8-16H2,1-3H3;1H,(H,2,3)/t19-,21+,22+;/m1./s1. The summed E-state index contributed by atoms with van der Waals surface area (Å²) in [6, 6.07) is 10.6. The summed E-state index contributed by atoms with van der Waals surface area (Å²) < 4.78 is 6.00. The first-order valence-electron chi connectivity index (χ1n) is 11.6. The molecule has 32 heavy (non-hydrogen) atoms. The third-order valence-corrected chi connectivity index (χ3v) is 6.76. The second kappa shape index (κ2) is 11.6. The van der Waals surface area contributed by atoms with Crippen LogP contribution in [0.4, 0.5) is 5.69 Å². The molecule has 3 saturated heterocycles. The van der Waals surface area contributed by atoms with Gasteiger partial charge >= 0.3 is 0 Å². The van der Waals surface area contributed by atoms with Crippen molar-refractivity contribution in [2.45, 2.75) is 56.8 Å². The minimum atomic E-state index is -0.250. The number of ether oxygens (including phenoxy) is 1. The maximum Gasteiger partial charge on any atom is 0.290 e. The first-order valence-corrected chi connectivity index (χ1v) is 11.6. The van der Waals surface area contributed by atoms with Gasteiger partial charge < -0.3 is 25.0 Å². The maximum atomic E-state index is 12.0. The SMILES string of the molecule is Cc1ccc(N2CCC(N[C@@H]3C[C@H]4CO[C@@H](CC(=O)N(C)C)CN4C3)CC2)cc1.O=CO. The second-order valence-electron chi connectivity index (χ2n) is 9.36. The fourth-order valence-electron chi connectivity index (χ4n) is 4.96. The van der Waals surface area contributed by atoms with Crippen molar-refractivity contribution in [2.24, 2.45) is 0 Å². The van der Waals surface area contributed by atoms with Crippen LogP contribution in [0.5, 0.6) is 0 Å². The molecule has 8 nitrogen and oxygen atoms in total. The van der Waals surface area contributed by atoms with Gasteiger partial charge in [0.2, 0.25) is 5.91 Å². The van der Waals surface area contributed by atoms with Crippen LogP contribution in [0, 0.1) is 6.92 Å². The zero-order chi connectivity index (χ0) is 23.1. The summed E-state index contributed by atoms with van der Waals surface area (Å²) in [7, 11) is 3.63. The van der Waals surface area contributed by atoms with Crippen LogP contribution >= 0.6 is 0 Å². The van der Waals surface area contributed by atoms with Gasteiger partial charge in [-0.2, -0.15) is 0 Å². The van der Waals surface area contributed by atoms with Gasteiger partial charge in [-0.05, 0) is 38.3 Å². The van der Waals surface area contributed by atoms with Gasteiger partial charge in [-0.1, -0.05) is 17.7 Å². The summed E-state index contributed by atoms with van der Waals surface area (Å²) in [6.07, 6.45) is 4.09. The lowest BCUT2D eigenvalue weighted by Crippen LogP contribution is -2.48. The summed E-state index contributed by atoms with van der Waals surface area (Å²) in [5.74, 6) is 0.155. The molecule has 0 aliphatic carbocycles. The lowest BCUT2D eigenvalue weighted by Gasteiger charge is -2.35. The third-order valence-electron chi connectivity index (χ3n) is 6.76. The molecule has 1 aromatic rings. The number of carbonyl (C=O) groups excluding carboxylic acids is 1. The first kappa shape index (κ1) is 24.5. The lowest BCUT2D eigenvalue weighted by molar-refractivity contribution is -0.134. The highest BCUT2D eigenvalue weighted by atomic mass is 16.5. The Morgan fingerprint density at radius 1 is 1.19 bits per heavy atom. The average Bonchev–Trinajstić information content (AvgIpc) is 3.17. The van der Waals surface area contributed by atoms with Crippen molar-refractivity contribution in [3.05, 3.63) is 29.8 Å². The van der Waals surface area contributed by atoms with Crippen LogP contribution in [0.25, 0.3) is 0 Å². The molecule has 0 bridgehead atoms. The number of carboxylic acid groups (broad SMARTS) is 1. The molecule has 0 aromatic heterocycles. The van der Waals surface area contributed by atoms with Crippen LogP contribution in [-0.4, -0.2) is 98.4 Å². The Morgan fingerprint density at radius 3 is 2.47 bits per heavy atom. The molecule has 0 radical (unpaired) electrons. The molecule has 3 atom stereocenters. The Labute approximate surface area is 191 Å². The molecule has 2 N–H and O–H groups in total. The van der Waals surface area contributed by atoms with Gasteiger partial charge in [-0.25, -0.2) is 0 Å². The van der Waals surface area contributed by atoms with Crippen LogP contribution in [0.3, 0.4) is 0 Å². The Kier molecular flexibility index (Phi) is 8.90. The number of morpholine rings is 1. The van der Waals surface area contributed by atoms with Crippen molar-refractivity contribution in [2.75, 3.05) is 51.8 Å². The summed E-state index contributed by atoms with van der Waals surface area (Å²) in [5, 5.41) is 10.8. The van der Waals surface area contributed by atoms with E-state index in [1.807, 2.05) is 14.1 Å². The van der Waals surface area contributed by atoms with E-state index in [-0.39, 0.29) is 18.5 Å². The van der Waals surface area contributed by atoms with Gasteiger partial charge in [0.1, 0.15) is 0 Å². The Bertz CT molecular complexity index is 734. The number of carbonyl (C=O) groups is 2. The molecule has 3 heterocycles. The highest BCUT2D eigenvalue weighted by Crippen LogP contribution is 2.26. The molecule has 8 heteroatoms. The van der Waals surface area contributed by atoms with Crippen molar-refractivity contribution < 1.29 is 19.4 Å². The number of amides is 1. The van der Waals surface area contributed by atoms with Gasteiger partial charge in [-0.3, -0.25) is 14.5 Å². The highest BCUT2D eigenvalue weighted by molar-refractivity contribution is 5.76. The minimum Gasteiger partial charge on any atom is -0.483 e. The van der Waals surface area contributed by atoms with Crippen LogP contribution < -0.4 is 10.2 Å². The number of hydrogen-bond acceptors (Lipinski definition) is 6. The van der Waals surface area contributed by atoms with E-state index in [2.05, 4.69) is 46.3 Å². The number of hydrogen-bond donors (Lipinski definition) is 2. The van der Waals surface area contributed by atoms with Crippen molar-refractivity contribution >= 4 is 18.1 Å². The molecule has 3 fully saturated rings. The smallest absolute Gasteiger partial charge is 0.290 e. The lowest BCUT2D eigenvalue weighted by atomic mass is 10.0. The minimum absolute atomic E-state index is 0.0395. The van der Waals surface area contributed by atoms with E-state index in [1.54, 1.807) is 4.90 Å². The fourth-order valence-corrected chi connectivity index (χ4v) is 4.96. The van der Waals surface area contributed by atoms with Crippen LogP contribution in [0.2, 0.25) is 0 Å². The fraction of sp³-hybridized carbons (Fsp3) is 0.667. The second-order valence-corrected chi connectivity index (χ2v) is 9.36. The van der Waals surface area contributed by atoms with Gasteiger partial charge in [0, 0.05) is 64.1 Å². The number of rotatable bonds is 5. The normalized spacial score (nSPS) is 26.1. The number of aryl methyl sites for hydroxylation is 1. The van der Waals surface area contributed by atoms with E-state index >= 15 is 0 Å². The number of nitrogens with zero attached hydrogens (tertiary/aromatic N) is 3. The van der Waals surface area contributed by atoms with Crippen LogP contribution in [0.1, 0.15) is 31.2 Å². The molecule has 4 rings (SSSR count). The highest BCUT2D eigenvalue weighted by Gasteiger charge is 2.38. The average molecular weight is 447 g/mol. The molecule has 1 aromatic carbocycles. The van der Waals surface area contributed by atoms with E-state index in [4.69, 9.17) is 14.6 Å². The van der Waals surface area contributed by atoms with Crippen molar-refractivity contribution in [3.63, 3.8) is 0 Å². The molecule has 0 spiro atoms. The largest absolute Gasteiger partial charge is 0.483 e. The predicted octanol–water partition coefficient (Wildman–Crippen LogP) is 1.57. The van der Waals surface area contributed by atoms with E-state index in [9.17, 15) is 4.79 Å². The summed E-state index contributed by atoms with van der Waals surface area (Å²) in [5.41, 5.74) is 2.67. The number of benzene rings is 1. The number of anilines is 1. The zero-order valence-electron chi connectivity index (χ0n) is 19.6. The monoisotopic (exact) mass is 446 g/mol. The molecule has 178 valence electrons. The number of fused-ring (bicyclic) bond motifs is 1. The number of piperidine rings is 1. The Balaban J connectivity index is 0.000000913. The van der Waals surface area contributed by atoms with Gasteiger partial charge in [0.05, 0.1) is 19.1 Å². The molecule has 3 aliphatic rings. The van der Waals surface area contributed by atoms with Gasteiger partial charge in [0.15, 0.2) is 0 Å². The molecule has 1 amide bonds. The molecule has 0 unspecified atom stereocenters. The maximum absolute atomic E-state index is 12.0. The van der Waals surface area contributed by atoms with Crippen molar-refractivity contribution in [3.8, 4) is 0 Å². The Hall–Kier alpha value is -2.16. The van der Waals surface area contributed by atoms with E-state index < -0.39 is 0 Å². The summed E-state index contributed by atoms with van der Waals surface area (Å²) >= 11 is 0. The molecule has 0 saturated carbocycles. The summed E-state index contributed by atoms with van der Waals surface area (Å²) in [6.45, 7) is 6.86. The van der Waals surface area contributed by atoms with Crippen LogP contribution in [-0.2, 0) is 14.3 Å². The van der Waals surface area contributed by atoms with Gasteiger partial charge in [0.25, 0.3) is 6.47 Å². The Morgan fingerprint density at radius 2 is 1.84 bits per heavy atom. The third kappa shape index (κ3) is 6.67. The van der Waals surface area contributed by atoms with Crippen LogP contribution in [0.15, 0.2) is 24.3 Å². The molecule has 3 aliphatic heterocycles. The predicted molar refractivity (Wildman–Crippen MR) is 125 cm³/mol.